The first kappa shape index (κ1) is 14.8. The Morgan fingerprint density at radius 3 is 2.65 bits per heavy atom. The normalized spacial score (nSPS) is 20.0. The second-order valence-corrected chi connectivity index (χ2v) is 6.86. The highest BCUT2D eigenvalue weighted by atomic mass is 32.2. The Bertz CT molecular complexity index is 627. The van der Waals surface area contributed by atoms with Crippen molar-refractivity contribution in [1.29, 1.82) is 0 Å². The summed E-state index contributed by atoms with van der Waals surface area (Å²) in [5.74, 6) is -0.669. The summed E-state index contributed by atoms with van der Waals surface area (Å²) in [7, 11) is -3.57. The first-order chi connectivity index (χ1) is 9.29. The van der Waals surface area contributed by atoms with E-state index in [2.05, 4.69) is 4.72 Å². The van der Waals surface area contributed by atoms with Crippen LogP contribution in [0.4, 0.5) is 5.69 Å². The van der Waals surface area contributed by atoms with Gasteiger partial charge in [0.2, 0.25) is 0 Å². The lowest BCUT2D eigenvalue weighted by molar-refractivity contribution is 0.0697. The fraction of sp³-hybridized carbons (Fsp3) is 0.462. The molecule has 0 spiro atoms. The standard InChI is InChI=1S/C13H18N2O4S/c1-9-5-6-15(8-9)20(18,19)14-12-4-3-11(13(16)17)7-10(12)2/h3-4,7,9,14H,5-6,8H2,1-2H3,(H,16,17). The third-order valence-electron chi connectivity index (χ3n) is 3.44. The maximum Gasteiger partial charge on any atom is 0.335 e. The fourth-order valence-electron chi connectivity index (χ4n) is 2.23. The van der Waals surface area contributed by atoms with E-state index in [1.54, 1.807) is 6.92 Å². The van der Waals surface area contributed by atoms with E-state index in [1.165, 1.54) is 22.5 Å². The lowest BCUT2D eigenvalue weighted by Gasteiger charge is -2.18. The largest absolute Gasteiger partial charge is 0.478 e. The minimum atomic E-state index is -3.57. The molecule has 1 aromatic carbocycles. The SMILES string of the molecule is Cc1cc(C(=O)O)ccc1NS(=O)(=O)N1CCC(C)C1. The van der Waals surface area contributed by atoms with E-state index >= 15 is 0 Å². The molecular weight excluding hydrogens is 280 g/mol. The van der Waals surface area contributed by atoms with Crippen LogP contribution >= 0.6 is 0 Å². The van der Waals surface area contributed by atoms with Gasteiger partial charge in [0.15, 0.2) is 0 Å². The van der Waals surface area contributed by atoms with Crippen LogP contribution in [0.1, 0.15) is 29.3 Å². The number of rotatable bonds is 4. The van der Waals surface area contributed by atoms with Gasteiger partial charge in [-0.1, -0.05) is 6.92 Å². The summed E-state index contributed by atoms with van der Waals surface area (Å²) in [5.41, 5.74) is 1.13. The average Bonchev–Trinajstić information content (AvgIpc) is 2.79. The van der Waals surface area contributed by atoms with Crippen LogP contribution in [0, 0.1) is 12.8 Å². The molecule has 1 heterocycles. The molecule has 0 radical (unpaired) electrons. The van der Waals surface area contributed by atoms with Gasteiger partial charge < -0.3 is 5.11 Å². The molecule has 20 heavy (non-hydrogen) atoms. The number of carboxylic acid groups (broad SMARTS) is 1. The minimum absolute atomic E-state index is 0.139. The topological polar surface area (TPSA) is 86.7 Å². The van der Waals surface area contributed by atoms with E-state index in [0.29, 0.717) is 30.3 Å². The van der Waals surface area contributed by atoms with Crippen LogP contribution in [-0.4, -0.2) is 36.9 Å². The number of hydrogen-bond acceptors (Lipinski definition) is 3. The van der Waals surface area contributed by atoms with E-state index in [1.807, 2.05) is 6.92 Å². The molecule has 1 aliphatic rings. The van der Waals surface area contributed by atoms with Gasteiger partial charge in [0.05, 0.1) is 11.3 Å². The van der Waals surface area contributed by atoms with Gasteiger partial charge in [-0.05, 0) is 43.0 Å². The van der Waals surface area contributed by atoms with Crippen LogP contribution in [0.2, 0.25) is 0 Å². The van der Waals surface area contributed by atoms with Crippen molar-refractivity contribution in [2.75, 3.05) is 17.8 Å². The molecule has 1 aromatic rings. The summed E-state index contributed by atoms with van der Waals surface area (Å²) in [6.07, 6.45) is 0.859. The van der Waals surface area contributed by atoms with Gasteiger partial charge in [-0.2, -0.15) is 12.7 Å². The van der Waals surface area contributed by atoms with Crippen molar-refractivity contribution in [2.24, 2.45) is 5.92 Å². The van der Waals surface area contributed by atoms with Crippen molar-refractivity contribution in [2.45, 2.75) is 20.3 Å². The number of nitrogens with zero attached hydrogens (tertiary/aromatic N) is 1. The molecule has 1 unspecified atom stereocenters. The molecule has 6 nitrogen and oxygen atoms in total. The molecule has 1 fully saturated rings. The van der Waals surface area contributed by atoms with Crippen molar-refractivity contribution >= 4 is 21.9 Å². The second-order valence-electron chi connectivity index (χ2n) is 5.19. The molecular formula is C13H18N2O4S. The van der Waals surface area contributed by atoms with Crippen molar-refractivity contribution in [1.82, 2.24) is 4.31 Å². The van der Waals surface area contributed by atoms with Gasteiger partial charge in [0, 0.05) is 13.1 Å². The highest BCUT2D eigenvalue weighted by molar-refractivity contribution is 7.90. The summed E-state index contributed by atoms with van der Waals surface area (Å²) in [4.78, 5) is 10.8. The second kappa shape index (κ2) is 5.41. The van der Waals surface area contributed by atoms with E-state index in [9.17, 15) is 13.2 Å². The zero-order chi connectivity index (χ0) is 14.9. The molecule has 1 aliphatic heterocycles. The monoisotopic (exact) mass is 298 g/mol. The molecule has 0 aliphatic carbocycles. The lowest BCUT2D eigenvalue weighted by atomic mass is 10.1. The van der Waals surface area contributed by atoms with E-state index in [0.717, 1.165) is 6.42 Å². The van der Waals surface area contributed by atoms with Crippen LogP contribution in [0.3, 0.4) is 0 Å². The van der Waals surface area contributed by atoms with Crippen LogP contribution in [0.15, 0.2) is 18.2 Å². The van der Waals surface area contributed by atoms with Crippen molar-refractivity contribution in [3.8, 4) is 0 Å². The number of aromatic carboxylic acids is 1. The van der Waals surface area contributed by atoms with E-state index < -0.39 is 16.2 Å². The Hall–Kier alpha value is -1.60. The Morgan fingerprint density at radius 1 is 1.45 bits per heavy atom. The summed E-state index contributed by atoms with van der Waals surface area (Å²) >= 11 is 0. The third-order valence-corrected chi connectivity index (χ3v) is 4.93. The number of aryl methyl sites for hydroxylation is 1. The van der Waals surface area contributed by atoms with Crippen molar-refractivity contribution < 1.29 is 18.3 Å². The Morgan fingerprint density at radius 2 is 2.15 bits per heavy atom. The van der Waals surface area contributed by atoms with Crippen LogP contribution in [-0.2, 0) is 10.2 Å². The molecule has 2 N–H and O–H groups in total. The molecule has 0 saturated carbocycles. The average molecular weight is 298 g/mol. The number of carbonyl (C=O) groups is 1. The first-order valence-corrected chi connectivity index (χ1v) is 7.85. The molecule has 2 rings (SSSR count). The smallest absolute Gasteiger partial charge is 0.335 e. The maximum atomic E-state index is 12.2. The number of benzene rings is 1. The van der Waals surface area contributed by atoms with Crippen LogP contribution in [0.5, 0.6) is 0 Å². The number of carboxylic acids is 1. The number of anilines is 1. The van der Waals surface area contributed by atoms with Gasteiger partial charge in [-0.25, -0.2) is 4.79 Å². The van der Waals surface area contributed by atoms with Gasteiger partial charge in [-0.3, -0.25) is 4.72 Å². The van der Waals surface area contributed by atoms with Crippen molar-refractivity contribution in [3.63, 3.8) is 0 Å². The Labute approximate surface area is 118 Å². The number of nitrogens with one attached hydrogen (secondary N) is 1. The van der Waals surface area contributed by atoms with Gasteiger partial charge in [0.1, 0.15) is 0 Å². The fourth-order valence-corrected chi connectivity index (χ4v) is 3.66. The quantitative estimate of drug-likeness (QED) is 0.885. The van der Waals surface area contributed by atoms with Gasteiger partial charge in [0.25, 0.3) is 0 Å². The Balaban J connectivity index is 2.19. The minimum Gasteiger partial charge on any atom is -0.478 e. The van der Waals surface area contributed by atoms with E-state index in [-0.39, 0.29) is 5.56 Å². The van der Waals surface area contributed by atoms with Crippen LogP contribution < -0.4 is 4.72 Å². The molecule has 7 heteroatoms. The summed E-state index contributed by atoms with van der Waals surface area (Å²) in [6, 6.07) is 4.32. The van der Waals surface area contributed by atoms with Gasteiger partial charge in [-0.15, -0.1) is 0 Å². The molecule has 110 valence electrons. The summed E-state index contributed by atoms with van der Waals surface area (Å²) in [5, 5.41) is 8.89. The summed E-state index contributed by atoms with van der Waals surface area (Å²) < 4.78 is 28.4. The first-order valence-electron chi connectivity index (χ1n) is 6.41. The van der Waals surface area contributed by atoms with Gasteiger partial charge >= 0.3 is 16.2 Å². The zero-order valence-corrected chi connectivity index (χ0v) is 12.3. The number of hydrogen-bond donors (Lipinski definition) is 2. The highest BCUT2D eigenvalue weighted by Crippen LogP contribution is 2.23. The van der Waals surface area contributed by atoms with Crippen molar-refractivity contribution in [3.05, 3.63) is 29.3 Å². The predicted molar refractivity (Wildman–Crippen MR) is 76.0 cm³/mol. The van der Waals surface area contributed by atoms with E-state index in [4.69, 9.17) is 5.11 Å². The third kappa shape index (κ3) is 3.10. The highest BCUT2D eigenvalue weighted by Gasteiger charge is 2.29. The Kier molecular flexibility index (Phi) is 4.01. The summed E-state index contributed by atoms with van der Waals surface area (Å²) in [6.45, 7) is 4.73. The lowest BCUT2D eigenvalue weighted by Crippen LogP contribution is -2.34. The predicted octanol–water partition coefficient (Wildman–Crippen LogP) is 1.69. The molecule has 1 atom stereocenters. The molecule has 1 saturated heterocycles. The molecule has 0 amide bonds. The maximum absolute atomic E-state index is 12.2. The molecule has 0 bridgehead atoms. The zero-order valence-electron chi connectivity index (χ0n) is 11.5. The molecule has 0 aromatic heterocycles. The van der Waals surface area contributed by atoms with Crippen LogP contribution in [0.25, 0.3) is 0 Å².